The second-order valence-electron chi connectivity index (χ2n) is 7.64. The standard InChI is InChI=1S/C26H25BrN2O6S/c1-5-34-20-10-8-16(13-21(20)35-6-2)23-17(25(31)33-4)14-28-26-29(23)24(30)22(36-26)12-15-7-9-19(32-3)18(27)11-15/h7-14,23H,5-6H2,1-4H3/b22-12-/t23-/m0/s1. The van der Waals surface area contributed by atoms with Gasteiger partial charge in [-0.05, 0) is 71.2 Å². The molecule has 0 fully saturated rings. The molecule has 0 bridgehead atoms. The average molecular weight is 573 g/mol. The number of halogens is 1. The molecule has 2 heterocycles. The van der Waals surface area contributed by atoms with Crippen molar-refractivity contribution in [2.24, 2.45) is 4.99 Å². The van der Waals surface area contributed by atoms with E-state index in [9.17, 15) is 9.59 Å². The van der Waals surface area contributed by atoms with Crippen molar-refractivity contribution in [3.8, 4) is 17.2 Å². The first-order valence-corrected chi connectivity index (χ1v) is 12.8. The van der Waals surface area contributed by atoms with Gasteiger partial charge in [0.15, 0.2) is 16.3 Å². The first-order valence-electron chi connectivity index (χ1n) is 11.2. The van der Waals surface area contributed by atoms with Crippen LogP contribution in [0.1, 0.15) is 31.0 Å². The molecule has 4 rings (SSSR count). The molecular formula is C26H25BrN2O6S. The highest BCUT2D eigenvalue weighted by atomic mass is 79.9. The lowest BCUT2D eigenvalue weighted by Crippen LogP contribution is -2.39. The number of carbonyl (C=O) groups excluding carboxylic acids is 1. The number of rotatable bonds is 8. The van der Waals surface area contributed by atoms with Gasteiger partial charge in [-0.25, -0.2) is 9.79 Å². The van der Waals surface area contributed by atoms with Crippen LogP contribution < -0.4 is 29.1 Å². The molecule has 0 N–H and O–H groups in total. The van der Waals surface area contributed by atoms with Gasteiger partial charge in [0.2, 0.25) is 0 Å². The topological polar surface area (TPSA) is 88.4 Å². The molecule has 0 aliphatic carbocycles. The molecule has 1 atom stereocenters. The van der Waals surface area contributed by atoms with Gasteiger partial charge < -0.3 is 18.9 Å². The van der Waals surface area contributed by atoms with Gasteiger partial charge in [0, 0.05) is 6.20 Å². The van der Waals surface area contributed by atoms with Crippen LogP contribution in [0.2, 0.25) is 0 Å². The number of fused-ring (bicyclic) bond motifs is 1. The van der Waals surface area contributed by atoms with E-state index in [1.165, 1.54) is 29.2 Å². The maximum Gasteiger partial charge on any atom is 0.337 e. The third-order valence-corrected chi connectivity index (χ3v) is 7.10. The maximum atomic E-state index is 13.7. The van der Waals surface area contributed by atoms with Crippen molar-refractivity contribution in [1.82, 2.24) is 4.57 Å². The Morgan fingerprint density at radius 2 is 1.81 bits per heavy atom. The number of esters is 1. The van der Waals surface area contributed by atoms with Gasteiger partial charge in [-0.2, -0.15) is 0 Å². The molecule has 0 spiro atoms. The number of hydrogen-bond acceptors (Lipinski definition) is 8. The fraction of sp³-hybridized carbons (Fsp3) is 0.269. The van der Waals surface area contributed by atoms with E-state index in [0.717, 1.165) is 10.0 Å². The first kappa shape index (κ1) is 25.7. The highest BCUT2D eigenvalue weighted by Crippen LogP contribution is 2.35. The van der Waals surface area contributed by atoms with Crippen LogP contribution in [0.3, 0.4) is 0 Å². The van der Waals surface area contributed by atoms with Crippen LogP contribution in [-0.2, 0) is 9.53 Å². The van der Waals surface area contributed by atoms with Crippen molar-refractivity contribution in [1.29, 1.82) is 0 Å². The fourth-order valence-electron chi connectivity index (χ4n) is 3.91. The third-order valence-electron chi connectivity index (χ3n) is 5.48. The predicted molar refractivity (Wildman–Crippen MR) is 141 cm³/mol. The average Bonchev–Trinajstić information content (AvgIpc) is 3.19. The molecule has 0 radical (unpaired) electrons. The minimum Gasteiger partial charge on any atom is -0.496 e. The van der Waals surface area contributed by atoms with E-state index < -0.39 is 12.0 Å². The van der Waals surface area contributed by atoms with Crippen LogP contribution in [0.4, 0.5) is 0 Å². The SMILES string of the molecule is CCOc1ccc([C@H]2C(C(=O)OC)=CN=c3s/c(=C\c4ccc(OC)c(Br)c4)c(=O)n32)cc1OCC. The minimum absolute atomic E-state index is 0.246. The second kappa shape index (κ2) is 11.1. The number of hydrogen-bond donors (Lipinski definition) is 0. The number of thiazole rings is 1. The predicted octanol–water partition coefficient (Wildman–Crippen LogP) is 3.59. The highest BCUT2D eigenvalue weighted by molar-refractivity contribution is 9.10. The van der Waals surface area contributed by atoms with Gasteiger partial charge in [-0.1, -0.05) is 23.5 Å². The smallest absolute Gasteiger partial charge is 0.337 e. The summed E-state index contributed by atoms with van der Waals surface area (Å²) in [5.74, 6) is 1.24. The molecule has 1 aliphatic rings. The molecule has 0 saturated heterocycles. The zero-order valence-electron chi connectivity index (χ0n) is 20.2. The Labute approximate surface area is 220 Å². The lowest BCUT2D eigenvalue weighted by Gasteiger charge is -2.23. The van der Waals surface area contributed by atoms with Crippen molar-refractivity contribution >= 4 is 39.3 Å². The fourth-order valence-corrected chi connectivity index (χ4v) is 5.44. The van der Waals surface area contributed by atoms with Gasteiger partial charge in [0.05, 0.1) is 48.1 Å². The van der Waals surface area contributed by atoms with Gasteiger partial charge in [-0.3, -0.25) is 9.36 Å². The number of methoxy groups -OCH3 is 2. The Hall–Kier alpha value is -3.37. The zero-order valence-corrected chi connectivity index (χ0v) is 22.6. The van der Waals surface area contributed by atoms with Crippen LogP contribution in [0.25, 0.3) is 6.08 Å². The van der Waals surface area contributed by atoms with Crippen molar-refractivity contribution in [3.63, 3.8) is 0 Å². The summed E-state index contributed by atoms with van der Waals surface area (Å²) < 4.78 is 24.5. The molecule has 10 heteroatoms. The van der Waals surface area contributed by atoms with E-state index in [1.807, 2.05) is 38.1 Å². The first-order chi connectivity index (χ1) is 17.4. The van der Waals surface area contributed by atoms with Crippen LogP contribution >= 0.6 is 27.3 Å². The molecule has 188 valence electrons. The molecule has 0 saturated carbocycles. The number of ether oxygens (including phenoxy) is 4. The summed E-state index contributed by atoms with van der Waals surface area (Å²) in [4.78, 5) is 31.2. The Balaban J connectivity index is 1.89. The molecule has 36 heavy (non-hydrogen) atoms. The summed E-state index contributed by atoms with van der Waals surface area (Å²) in [5.41, 5.74) is 1.47. The Morgan fingerprint density at radius 1 is 1.08 bits per heavy atom. The molecule has 0 amide bonds. The minimum atomic E-state index is -0.742. The van der Waals surface area contributed by atoms with Crippen LogP contribution in [0, 0.1) is 0 Å². The summed E-state index contributed by atoms with van der Waals surface area (Å²) in [5, 5.41) is 0. The number of aromatic nitrogens is 1. The highest BCUT2D eigenvalue weighted by Gasteiger charge is 2.31. The molecular weight excluding hydrogens is 548 g/mol. The number of nitrogens with zero attached hydrogens (tertiary/aromatic N) is 2. The molecule has 8 nitrogen and oxygen atoms in total. The molecule has 0 unspecified atom stereocenters. The quantitative estimate of drug-likeness (QED) is 0.383. The Kier molecular flexibility index (Phi) is 7.95. The van der Waals surface area contributed by atoms with Crippen LogP contribution in [0.5, 0.6) is 17.2 Å². The van der Waals surface area contributed by atoms with E-state index >= 15 is 0 Å². The summed E-state index contributed by atoms with van der Waals surface area (Å²) in [7, 11) is 2.89. The molecule has 3 aromatic rings. The second-order valence-corrected chi connectivity index (χ2v) is 9.51. The van der Waals surface area contributed by atoms with Crippen molar-refractivity contribution in [3.05, 3.63) is 83.5 Å². The van der Waals surface area contributed by atoms with Crippen molar-refractivity contribution in [2.75, 3.05) is 27.4 Å². The van der Waals surface area contributed by atoms with E-state index in [2.05, 4.69) is 20.9 Å². The molecule has 1 aromatic heterocycles. The molecule has 1 aliphatic heterocycles. The Bertz CT molecular complexity index is 1510. The lowest BCUT2D eigenvalue weighted by molar-refractivity contribution is -0.136. The van der Waals surface area contributed by atoms with Crippen molar-refractivity contribution < 1.29 is 23.7 Å². The monoisotopic (exact) mass is 572 g/mol. The van der Waals surface area contributed by atoms with Gasteiger partial charge in [-0.15, -0.1) is 0 Å². The zero-order chi connectivity index (χ0) is 25.8. The van der Waals surface area contributed by atoms with E-state index in [1.54, 1.807) is 25.3 Å². The Morgan fingerprint density at radius 3 is 2.47 bits per heavy atom. The van der Waals surface area contributed by atoms with Crippen LogP contribution in [0.15, 0.2) is 62.4 Å². The maximum absolute atomic E-state index is 13.7. The summed E-state index contributed by atoms with van der Waals surface area (Å²) in [6.07, 6.45) is 3.25. The largest absolute Gasteiger partial charge is 0.496 e. The van der Waals surface area contributed by atoms with Gasteiger partial charge >= 0.3 is 5.97 Å². The summed E-state index contributed by atoms with van der Waals surface area (Å²) >= 11 is 4.73. The van der Waals surface area contributed by atoms with Crippen molar-refractivity contribution in [2.45, 2.75) is 19.9 Å². The number of benzene rings is 2. The summed E-state index contributed by atoms with van der Waals surface area (Å²) in [6, 6.07) is 10.2. The van der Waals surface area contributed by atoms with Gasteiger partial charge in [0.25, 0.3) is 5.56 Å². The lowest BCUT2D eigenvalue weighted by atomic mass is 9.97. The normalized spacial score (nSPS) is 15.0. The van der Waals surface area contributed by atoms with E-state index in [4.69, 9.17) is 18.9 Å². The van der Waals surface area contributed by atoms with Gasteiger partial charge in [0.1, 0.15) is 5.75 Å². The summed E-state index contributed by atoms with van der Waals surface area (Å²) in [6.45, 7) is 4.68. The third kappa shape index (κ3) is 4.96. The molecule has 2 aromatic carbocycles. The van der Waals surface area contributed by atoms with E-state index in [-0.39, 0.29) is 11.1 Å². The number of carbonyl (C=O) groups is 1. The van der Waals surface area contributed by atoms with E-state index in [0.29, 0.717) is 45.4 Å². The van der Waals surface area contributed by atoms with Crippen LogP contribution in [-0.4, -0.2) is 38.0 Å².